The molecule has 0 radical (unpaired) electrons. The first-order valence-electron chi connectivity index (χ1n) is 6.68. The monoisotopic (exact) mass is 256 g/mol. The van der Waals surface area contributed by atoms with E-state index in [-0.39, 0.29) is 18.2 Å². The topological polar surface area (TPSA) is 83.6 Å². The number of hydrogen-bond acceptors (Lipinski definition) is 3. The van der Waals surface area contributed by atoms with E-state index < -0.39 is 12.0 Å². The van der Waals surface area contributed by atoms with E-state index in [4.69, 9.17) is 10.8 Å². The van der Waals surface area contributed by atoms with Gasteiger partial charge < -0.3 is 15.7 Å². The van der Waals surface area contributed by atoms with Crippen LogP contribution in [0.15, 0.2) is 0 Å². The number of piperidine rings is 1. The van der Waals surface area contributed by atoms with Crippen LogP contribution in [0.2, 0.25) is 0 Å². The molecule has 2 unspecified atom stereocenters. The quantitative estimate of drug-likeness (QED) is 0.770. The smallest absolute Gasteiger partial charge is 0.303 e. The molecular weight excluding hydrogens is 232 g/mol. The fourth-order valence-corrected chi connectivity index (χ4v) is 2.32. The first kappa shape index (κ1) is 15.0. The standard InChI is InChI=1S/C13H24N2O3/c1-9(2)12(14)13(18)15-7-3-4-10(8-15)5-6-11(16)17/h9-10,12H,3-8,14H2,1-2H3,(H,16,17). The van der Waals surface area contributed by atoms with Crippen molar-refractivity contribution in [2.45, 2.75) is 45.6 Å². The minimum absolute atomic E-state index is 0.00465. The molecule has 1 aliphatic rings. The summed E-state index contributed by atoms with van der Waals surface area (Å²) in [6.07, 6.45) is 2.79. The van der Waals surface area contributed by atoms with Crippen molar-refractivity contribution in [3.63, 3.8) is 0 Å². The predicted octanol–water partition coefficient (Wildman–Crippen LogP) is 1.07. The minimum Gasteiger partial charge on any atom is -0.481 e. The van der Waals surface area contributed by atoms with Crippen LogP contribution in [0.5, 0.6) is 0 Å². The summed E-state index contributed by atoms with van der Waals surface area (Å²) in [7, 11) is 0. The summed E-state index contributed by atoms with van der Waals surface area (Å²) in [5.74, 6) is -0.322. The van der Waals surface area contributed by atoms with Crippen molar-refractivity contribution in [3.05, 3.63) is 0 Å². The van der Waals surface area contributed by atoms with Gasteiger partial charge in [0.25, 0.3) is 0 Å². The first-order valence-corrected chi connectivity index (χ1v) is 6.68. The van der Waals surface area contributed by atoms with Crippen LogP contribution in [0.1, 0.15) is 39.5 Å². The number of nitrogens with two attached hydrogens (primary N) is 1. The maximum absolute atomic E-state index is 12.1. The second-order valence-electron chi connectivity index (χ2n) is 5.49. The molecule has 0 aromatic carbocycles. The van der Waals surface area contributed by atoms with Crippen LogP contribution >= 0.6 is 0 Å². The summed E-state index contributed by atoms with van der Waals surface area (Å²) in [5, 5.41) is 8.68. The van der Waals surface area contributed by atoms with E-state index in [1.807, 2.05) is 13.8 Å². The Morgan fingerprint density at radius 3 is 2.67 bits per heavy atom. The van der Waals surface area contributed by atoms with Crippen molar-refractivity contribution in [1.29, 1.82) is 0 Å². The third-order valence-corrected chi connectivity index (χ3v) is 3.60. The van der Waals surface area contributed by atoms with Gasteiger partial charge in [0.05, 0.1) is 6.04 Å². The lowest BCUT2D eigenvalue weighted by Gasteiger charge is -2.34. The van der Waals surface area contributed by atoms with Crippen LogP contribution in [-0.2, 0) is 9.59 Å². The highest BCUT2D eigenvalue weighted by molar-refractivity contribution is 5.82. The molecular formula is C13H24N2O3. The van der Waals surface area contributed by atoms with E-state index >= 15 is 0 Å². The van der Waals surface area contributed by atoms with Gasteiger partial charge in [0.15, 0.2) is 0 Å². The zero-order valence-corrected chi connectivity index (χ0v) is 11.3. The normalized spacial score (nSPS) is 22.0. The van der Waals surface area contributed by atoms with Gasteiger partial charge in [0, 0.05) is 19.5 Å². The Hall–Kier alpha value is -1.10. The molecule has 5 nitrogen and oxygen atoms in total. The number of carboxylic acid groups (broad SMARTS) is 1. The van der Waals surface area contributed by atoms with Crippen molar-refractivity contribution in [3.8, 4) is 0 Å². The molecule has 1 fully saturated rings. The Bertz CT molecular complexity index is 305. The van der Waals surface area contributed by atoms with Crippen LogP contribution in [-0.4, -0.2) is 41.0 Å². The highest BCUT2D eigenvalue weighted by atomic mass is 16.4. The van der Waals surface area contributed by atoms with Gasteiger partial charge in [-0.1, -0.05) is 13.8 Å². The number of likely N-dealkylation sites (tertiary alicyclic amines) is 1. The average Bonchev–Trinajstić information content (AvgIpc) is 2.34. The SMILES string of the molecule is CC(C)C(N)C(=O)N1CCCC(CCC(=O)O)C1. The fraction of sp³-hybridized carbons (Fsp3) is 0.846. The highest BCUT2D eigenvalue weighted by Crippen LogP contribution is 2.22. The van der Waals surface area contributed by atoms with E-state index in [2.05, 4.69) is 0 Å². The summed E-state index contributed by atoms with van der Waals surface area (Å²) < 4.78 is 0. The molecule has 0 aromatic heterocycles. The van der Waals surface area contributed by atoms with Gasteiger partial charge in [-0.15, -0.1) is 0 Å². The molecule has 3 N–H and O–H groups in total. The van der Waals surface area contributed by atoms with Crippen molar-refractivity contribution in [1.82, 2.24) is 4.90 Å². The Balaban J connectivity index is 2.47. The lowest BCUT2D eigenvalue weighted by molar-refractivity contribution is -0.137. The van der Waals surface area contributed by atoms with Crippen LogP contribution in [0.4, 0.5) is 0 Å². The van der Waals surface area contributed by atoms with E-state index in [9.17, 15) is 9.59 Å². The zero-order valence-electron chi connectivity index (χ0n) is 11.3. The lowest BCUT2D eigenvalue weighted by Crippen LogP contribution is -2.50. The number of amides is 1. The molecule has 0 bridgehead atoms. The number of nitrogens with zero attached hydrogens (tertiary/aromatic N) is 1. The molecule has 0 aromatic rings. The Labute approximate surface area is 108 Å². The summed E-state index contributed by atoms with van der Waals surface area (Å²) in [6.45, 7) is 5.29. The van der Waals surface area contributed by atoms with Gasteiger partial charge in [0.1, 0.15) is 0 Å². The van der Waals surface area contributed by atoms with Crippen LogP contribution in [0.25, 0.3) is 0 Å². The largest absolute Gasteiger partial charge is 0.481 e. The summed E-state index contributed by atoms with van der Waals surface area (Å²) >= 11 is 0. The number of aliphatic carboxylic acids is 1. The first-order chi connectivity index (χ1) is 8.41. The molecule has 0 spiro atoms. The van der Waals surface area contributed by atoms with Crippen LogP contribution in [0, 0.1) is 11.8 Å². The molecule has 1 saturated heterocycles. The fourth-order valence-electron chi connectivity index (χ4n) is 2.32. The number of carbonyl (C=O) groups excluding carboxylic acids is 1. The van der Waals surface area contributed by atoms with Crippen molar-refractivity contribution in [2.24, 2.45) is 17.6 Å². The van der Waals surface area contributed by atoms with Gasteiger partial charge in [-0.3, -0.25) is 9.59 Å². The number of carboxylic acids is 1. The molecule has 1 rings (SSSR count). The number of hydrogen-bond donors (Lipinski definition) is 2. The Kier molecular flexibility index (Phi) is 5.59. The molecule has 1 amide bonds. The van der Waals surface area contributed by atoms with E-state index in [1.54, 1.807) is 4.90 Å². The minimum atomic E-state index is -0.766. The maximum Gasteiger partial charge on any atom is 0.303 e. The molecule has 104 valence electrons. The van der Waals surface area contributed by atoms with Crippen molar-refractivity contribution < 1.29 is 14.7 Å². The van der Waals surface area contributed by atoms with Crippen LogP contribution in [0.3, 0.4) is 0 Å². The number of carbonyl (C=O) groups is 2. The van der Waals surface area contributed by atoms with Crippen molar-refractivity contribution in [2.75, 3.05) is 13.1 Å². The zero-order chi connectivity index (χ0) is 13.7. The molecule has 1 heterocycles. The predicted molar refractivity (Wildman–Crippen MR) is 69.0 cm³/mol. The second kappa shape index (κ2) is 6.73. The van der Waals surface area contributed by atoms with Gasteiger partial charge in [-0.2, -0.15) is 0 Å². The van der Waals surface area contributed by atoms with Crippen LogP contribution < -0.4 is 5.73 Å². The molecule has 2 atom stereocenters. The maximum atomic E-state index is 12.1. The number of rotatable bonds is 5. The van der Waals surface area contributed by atoms with E-state index in [0.29, 0.717) is 18.9 Å². The van der Waals surface area contributed by atoms with E-state index in [1.165, 1.54) is 0 Å². The molecule has 0 saturated carbocycles. The van der Waals surface area contributed by atoms with Crippen molar-refractivity contribution >= 4 is 11.9 Å². The molecule has 1 aliphatic heterocycles. The van der Waals surface area contributed by atoms with Gasteiger partial charge in [0.2, 0.25) is 5.91 Å². The lowest BCUT2D eigenvalue weighted by atomic mass is 9.92. The highest BCUT2D eigenvalue weighted by Gasteiger charge is 2.28. The Morgan fingerprint density at radius 2 is 2.11 bits per heavy atom. The third-order valence-electron chi connectivity index (χ3n) is 3.60. The molecule has 5 heteroatoms. The van der Waals surface area contributed by atoms with E-state index in [0.717, 1.165) is 19.4 Å². The average molecular weight is 256 g/mol. The van der Waals surface area contributed by atoms with Gasteiger partial charge >= 0.3 is 5.97 Å². The third kappa shape index (κ3) is 4.29. The van der Waals surface area contributed by atoms with Gasteiger partial charge in [-0.25, -0.2) is 0 Å². The summed E-state index contributed by atoms with van der Waals surface area (Å²) in [6, 6.07) is -0.441. The Morgan fingerprint density at radius 1 is 1.44 bits per heavy atom. The summed E-state index contributed by atoms with van der Waals surface area (Å²) in [5.41, 5.74) is 5.87. The second-order valence-corrected chi connectivity index (χ2v) is 5.49. The van der Waals surface area contributed by atoms with Gasteiger partial charge in [-0.05, 0) is 31.1 Å². The summed E-state index contributed by atoms with van der Waals surface area (Å²) in [4.78, 5) is 24.5. The molecule has 18 heavy (non-hydrogen) atoms. The molecule has 0 aliphatic carbocycles.